The number of nitrogens with zero attached hydrogens (tertiary/aromatic N) is 2. The fourth-order valence-corrected chi connectivity index (χ4v) is 3.27. The van der Waals surface area contributed by atoms with Gasteiger partial charge in [0.25, 0.3) is 11.8 Å². The van der Waals surface area contributed by atoms with Crippen LogP contribution >= 0.6 is 0 Å². The van der Waals surface area contributed by atoms with Crippen LogP contribution in [0.25, 0.3) is 10.8 Å². The SMILES string of the molecule is CN1CCN(c2cc3c4c(cccc4c2)C(=O)NC3=O)CC1. The number of imide groups is 1. The van der Waals surface area contributed by atoms with Crippen LogP contribution in [0.3, 0.4) is 0 Å². The van der Waals surface area contributed by atoms with Crippen molar-refractivity contribution >= 4 is 28.3 Å². The maximum Gasteiger partial charge on any atom is 0.258 e. The number of anilines is 1. The molecule has 1 N–H and O–H groups in total. The topological polar surface area (TPSA) is 52.6 Å². The van der Waals surface area contributed by atoms with Gasteiger partial charge in [0, 0.05) is 42.8 Å². The molecular weight excluding hydrogens is 278 g/mol. The fourth-order valence-electron chi connectivity index (χ4n) is 3.27. The van der Waals surface area contributed by atoms with Crippen LogP contribution in [0, 0.1) is 0 Å². The molecule has 5 nitrogen and oxygen atoms in total. The number of carbonyl (C=O) groups excluding carboxylic acids is 2. The molecule has 4 rings (SSSR count). The summed E-state index contributed by atoms with van der Waals surface area (Å²) in [6, 6.07) is 9.60. The number of nitrogens with one attached hydrogen (secondary N) is 1. The minimum Gasteiger partial charge on any atom is -0.369 e. The molecule has 0 spiro atoms. The predicted octanol–water partition coefficient (Wildman–Crippen LogP) is 1.48. The van der Waals surface area contributed by atoms with Crippen LogP contribution in [0.2, 0.25) is 0 Å². The van der Waals surface area contributed by atoms with Gasteiger partial charge in [0.1, 0.15) is 0 Å². The van der Waals surface area contributed by atoms with Gasteiger partial charge in [-0.05, 0) is 30.6 Å². The smallest absolute Gasteiger partial charge is 0.258 e. The van der Waals surface area contributed by atoms with E-state index < -0.39 is 0 Å². The molecule has 2 amide bonds. The molecule has 5 heteroatoms. The Morgan fingerprint density at radius 3 is 2.45 bits per heavy atom. The van der Waals surface area contributed by atoms with Gasteiger partial charge in [-0.25, -0.2) is 0 Å². The molecule has 2 aliphatic rings. The zero-order chi connectivity index (χ0) is 15.3. The highest BCUT2D eigenvalue weighted by molar-refractivity contribution is 6.26. The first-order valence-electron chi connectivity index (χ1n) is 7.49. The van der Waals surface area contributed by atoms with Gasteiger partial charge >= 0.3 is 0 Å². The summed E-state index contributed by atoms with van der Waals surface area (Å²) in [6.07, 6.45) is 0. The minimum absolute atomic E-state index is 0.301. The van der Waals surface area contributed by atoms with E-state index in [0.29, 0.717) is 11.1 Å². The van der Waals surface area contributed by atoms with Gasteiger partial charge in [-0.2, -0.15) is 0 Å². The number of piperazine rings is 1. The van der Waals surface area contributed by atoms with Gasteiger partial charge in [-0.1, -0.05) is 12.1 Å². The van der Waals surface area contributed by atoms with Crippen molar-refractivity contribution < 1.29 is 9.59 Å². The molecule has 0 atom stereocenters. The summed E-state index contributed by atoms with van der Waals surface area (Å²) >= 11 is 0. The van der Waals surface area contributed by atoms with Crippen LogP contribution in [0.4, 0.5) is 5.69 Å². The summed E-state index contributed by atoms with van der Waals surface area (Å²) in [5.74, 6) is -0.611. The zero-order valence-corrected chi connectivity index (χ0v) is 12.4. The average Bonchev–Trinajstić information content (AvgIpc) is 2.52. The lowest BCUT2D eigenvalue weighted by atomic mass is 9.94. The van der Waals surface area contributed by atoms with E-state index in [9.17, 15) is 9.59 Å². The minimum atomic E-state index is -0.310. The Kier molecular flexibility index (Phi) is 2.90. The van der Waals surface area contributed by atoms with Crippen molar-refractivity contribution in [3.05, 3.63) is 41.5 Å². The molecule has 0 saturated carbocycles. The largest absolute Gasteiger partial charge is 0.369 e. The number of benzene rings is 2. The molecule has 1 saturated heterocycles. The average molecular weight is 295 g/mol. The van der Waals surface area contributed by atoms with Crippen LogP contribution in [0.15, 0.2) is 30.3 Å². The molecule has 1 fully saturated rings. The molecule has 22 heavy (non-hydrogen) atoms. The molecular formula is C17H17N3O2. The van der Waals surface area contributed by atoms with Crippen molar-refractivity contribution in [2.75, 3.05) is 38.1 Å². The summed E-state index contributed by atoms with van der Waals surface area (Å²) in [7, 11) is 2.12. The summed E-state index contributed by atoms with van der Waals surface area (Å²) in [5, 5.41) is 4.15. The third-order valence-electron chi connectivity index (χ3n) is 4.55. The van der Waals surface area contributed by atoms with Crippen molar-refractivity contribution in [3.8, 4) is 0 Å². The Balaban J connectivity index is 1.87. The van der Waals surface area contributed by atoms with Crippen LogP contribution in [0.1, 0.15) is 20.7 Å². The first-order chi connectivity index (χ1) is 10.6. The van der Waals surface area contributed by atoms with E-state index in [0.717, 1.165) is 42.6 Å². The van der Waals surface area contributed by atoms with Gasteiger partial charge in [-0.3, -0.25) is 14.9 Å². The highest BCUT2D eigenvalue weighted by Crippen LogP contribution is 2.31. The molecule has 2 aromatic rings. The number of rotatable bonds is 1. The van der Waals surface area contributed by atoms with Gasteiger partial charge in [0.15, 0.2) is 0 Å². The number of hydrogen-bond donors (Lipinski definition) is 1. The Hall–Kier alpha value is -2.40. The van der Waals surface area contributed by atoms with Crippen molar-refractivity contribution in [2.24, 2.45) is 0 Å². The second-order valence-corrected chi connectivity index (χ2v) is 5.97. The second kappa shape index (κ2) is 4.81. The highest BCUT2D eigenvalue weighted by Gasteiger charge is 2.26. The number of amides is 2. The number of likely N-dealkylation sites (N-methyl/N-ethyl adjacent to an activating group) is 1. The van der Waals surface area contributed by atoms with E-state index in [2.05, 4.69) is 28.2 Å². The lowest BCUT2D eigenvalue weighted by molar-refractivity contribution is 0.0845. The normalized spacial score (nSPS) is 18.7. The monoisotopic (exact) mass is 295 g/mol. The highest BCUT2D eigenvalue weighted by atomic mass is 16.2. The molecule has 0 bridgehead atoms. The quantitative estimate of drug-likeness (QED) is 0.810. The molecule has 0 unspecified atom stereocenters. The lowest BCUT2D eigenvalue weighted by Crippen LogP contribution is -2.44. The van der Waals surface area contributed by atoms with Gasteiger partial charge in [0.05, 0.1) is 5.56 Å². The molecule has 0 radical (unpaired) electrons. The summed E-state index contributed by atoms with van der Waals surface area (Å²) < 4.78 is 0. The summed E-state index contributed by atoms with van der Waals surface area (Å²) in [6.45, 7) is 3.92. The third-order valence-corrected chi connectivity index (χ3v) is 4.55. The molecule has 2 aromatic carbocycles. The van der Waals surface area contributed by atoms with Crippen molar-refractivity contribution in [1.82, 2.24) is 10.2 Å². The fraction of sp³-hybridized carbons (Fsp3) is 0.294. The van der Waals surface area contributed by atoms with Crippen LogP contribution in [0.5, 0.6) is 0 Å². The third kappa shape index (κ3) is 1.97. The van der Waals surface area contributed by atoms with Crippen molar-refractivity contribution in [2.45, 2.75) is 0 Å². The summed E-state index contributed by atoms with van der Waals surface area (Å²) in [5.41, 5.74) is 2.23. The van der Waals surface area contributed by atoms with Crippen LogP contribution in [-0.4, -0.2) is 49.9 Å². The Morgan fingerprint density at radius 1 is 0.955 bits per heavy atom. The maximum absolute atomic E-state index is 12.2. The molecule has 0 aliphatic carbocycles. The molecule has 2 heterocycles. The van der Waals surface area contributed by atoms with Crippen molar-refractivity contribution in [1.29, 1.82) is 0 Å². The first kappa shape index (κ1) is 13.3. The van der Waals surface area contributed by atoms with Crippen LogP contribution < -0.4 is 10.2 Å². The molecule has 2 aliphatic heterocycles. The van der Waals surface area contributed by atoms with E-state index in [4.69, 9.17) is 0 Å². The van der Waals surface area contributed by atoms with Crippen molar-refractivity contribution in [3.63, 3.8) is 0 Å². The van der Waals surface area contributed by atoms with E-state index >= 15 is 0 Å². The zero-order valence-electron chi connectivity index (χ0n) is 12.4. The van der Waals surface area contributed by atoms with E-state index in [1.807, 2.05) is 18.2 Å². The standard InChI is InChI=1S/C17H17N3O2/c1-19-5-7-20(8-6-19)12-9-11-3-2-4-13-15(11)14(10-12)17(22)18-16(13)21/h2-4,9-10H,5-8H2,1H3,(H,18,21,22). The molecule has 0 aromatic heterocycles. The predicted molar refractivity (Wildman–Crippen MR) is 85.5 cm³/mol. The van der Waals surface area contributed by atoms with E-state index in [1.165, 1.54) is 0 Å². The number of carbonyl (C=O) groups is 2. The first-order valence-corrected chi connectivity index (χ1v) is 7.49. The Bertz CT molecular complexity index is 792. The lowest BCUT2D eigenvalue weighted by Gasteiger charge is -2.34. The van der Waals surface area contributed by atoms with E-state index in [-0.39, 0.29) is 11.8 Å². The van der Waals surface area contributed by atoms with E-state index in [1.54, 1.807) is 6.07 Å². The van der Waals surface area contributed by atoms with Gasteiger partial charge < -0.3 is 9.80 Å². The molecule has 112 valence electrons. The Labute approximate surface area is 128 Å². The van der Waals surface area contributed by atoms with Crippen LogP contribution in [-0.2, 0) is 0 Å². The second-order valence-electron chi connectivity index (χ2n) is 5.97. The Morgan fingerprint density at radius 2 is 1.68 bits per heavy atom. The maximum atomic E-state index is 12.2. The van der Waals surface area contributed by atoms with Gasteiger partial charge in [0.2, 0.25) is 0 Å². The summed E-state index contributed by atoms with van der Waals surface area (Å²) in [4.78, 5) is 28.8. The number of hydrogen-bond acceptors (Lipinski definition) is 4. The van der Waals surface area contributed by atoms with Gasteiger partial charge in [-0.15, -0.1) is 0 Å².